The van der Waals surface area contributed by atoms with Crippen molar-refractivity contribution in [1.82, 2.24) is 50.4 Å². The Balaban J connectivity index is 1.16. The third-order valence-electron chi connectivity index (χ3n) is 8.75. The van der Waals surface area contributed by atoms with E-state index in [9.17, 15) is 0 Å². The maximum atomic E-state index is 6.22. The Kier molecular flexibility index (Phi) is 7.43. The SMILES string of the molecule is Clc1ccc(C([C@H]2CCCN(N3CCC[C@@H](C(c4cccc5ccccc45)n4ncnn4)C3)C2)n2ncnn2)cc1. The van der Waals surface area contributed by atoms with Crippen LogP contribution in [0.25, 0.3) is 10.8 Å². The van der Waals surface area contributed by atoms with Crippen LogP contribution >= 0.6 is 11.6 Å². The lowest BCUT2D eigenvalue weighted by Crippen LogP contribution is -2.53. The third kappa shape index (κ3) is 5.35. The average molecular weight is 569 g/mol. The summed E-state index contributed by atoms with van der Waals surface area (Å²) in [5, 5.41) is 34.2. The first-order valence-corrected chi connectivity index (χ1v) is 14.8. The number of halogens is 1. The molecule has 4 atom stereocenters. The fourth-order valence-electron chi connectivity index (χ4n) is 6.94. The number of benzene rings is 3. The van der Waals surface area contributed by atoms with Crippen LogP contribution in [0.2, 0.25) is 5.02 Å². The van der Waals surface area contributed by atoms with E-state index in [1.807, 2.05) is 16.9 Å². The van der Waals surface area contributed by atoms with Crippen LogP contribution < -0.4 is 0 Å². The van der Waals surface area contributed by atoms with Gasteiger partial charge in [0.1, 0.15) is 12.1 Å². The predicted octanol–water partition coefficient (Wildman–Crippen LogP) is 4.68. The smallest absolute Gasteiger partial charge is 0.162 e. The van der Waals surface area contributed by atoms with Gasteiger partial charge in [-0.25, -0.2) is 10.0 Å². The van der Waals surface area contributed by atoms with Gasteiger partial charge < -0.3 is 0 Å². The fourth-order valence-corrected chi connectivity index (χ4v) is 7.07. The number of piperidine rings is 2. The molecule has 0 aliphatic carbocycles. The van der Waals surface area contributed by atoms with E-state index in [0.717, 1.165) is 62.4 Å². The molecule has 210 valence electrons. The molecule has 2 aliphatic rings. The van der Waals surface area contributed by atoms with Gasteiger partial charge in [0.05, 0.1) is 0 Å². The molecule has 2 aliphatic heterocycles. The number of nitrogens with zero attached hydrogens (tertiary/aromatic N) is 10. The number of fused-ring (bicyclic) bond motifs is 1. The highest BCUT2D eigenvalue weighted by atomic mass is 35.5. The van der Waals surface area contributed by atoms with Gasteiger partial charge in [0.15, 0.2) is 12.7 Å². The number of hydrogen-bond donors (Lipinski definition) is 0. The maximum Gasteiger partial charge on any atom is 0.162 e. The highest BCUT2D eigenvalue weighted by Gasteiger charge is 2.37. The number of aromatic nitrogens is 8. The minimum absolute atomic E-state index is 0.000865. The number of hydrazine groups is 1. The number of hydrogen-bond acceptors (Lipinski definition) is 8. The summed E-state index contributed by atoms with van der Waals surface area (Å²) in [6, 6.07) is 23.2. The third-order valence-corrected chi connectivity index (χ3v) is 9.00. The van der Waals surface area contributed by atoms with Gasteiger partial charge in [-0.2, -0.15) is 9.59 Å². The lowest BCUT2D eigenvalue weighted by molar-refractivity contribution is -0.0887. The summed E-state index contributed by atoms with van der Waals surface area (Å²) >= 11 is 6.22. The van der Waals surface area contributed by atoms with Gasteiger partial charge in [0, 0.05) is 43.0 Å². The Morgan fingerprint density at radius 2 is 1.29 bits per heavy atom. The van der Waals surface area contributed by atoms with E-state index in [1.165, 1.54) is 22.7 Å². The molecule has 5 aromatic rings. The van der Waals surface area contributed by atoms with Gasteiger partial charge in [0.2, 0.25) is 0 Å². The summed E-state index contributed by atoms with van der Waals surface area (Å²) in [5.41, 5.74) is 2.41. The molecule has 10 nitrogen and oxygen atoms in total. The molecule has 0 bridgehead atoms. The van der Waals surface area contributed by atoms with Crippen molar-refractivity contribution in [3.8, 4) is 0 Å². The molecule has 0 radical (unpaired) electrons. The zero-order valence-corrected chi connectivity index (χ0v) is 23.6. The van der Waals surface area contributed by atoms with E-state index in [1.54, 1.807) is 11.1 Å². The number of tetrazole rings is 2. The van der Waals surface area contributed by atoms with Crippen molar-refractivity contribution < 1.29 is 0 Å². The van der Waals surface area contributed by atoms with Gasteiger partial charge in [0.25, 0.3) is 0 Å². The Morgan fingerprint density at radius 1 is 0.683 bits per heavy atom. The molecule has 2 fully saturated rings. The summed E-state index contributed by atoms with van der Waals surface area (Å²) in [7, 11) is 0. The maximum absolute atomic E-state index is 6.22. The van der Waals surface area contributed by atoms with Crippen molar-refractivity contribution in [2.75, 3.05) is 26.2 Å². The van der Waals surface area contributed by atoms with E-state index in [0.29, 0.717) is 11.8 Å². The molecule has 41 heavy (non-hydrogen) atoms. The van der Waals surface area contributed by atoms with Crippen LogP contribution in [0.15, 0.2) is 79.4 Å². The van der Waals surface area contributed by atoms with Crippen molar-refractivity contribution >= 4 is 22.4 Å². The molecule has 0 saturated carbocycles. The average Bonchev–Trinajstić information content (AvgIpc) is 3.75. The molecule has 2 saturated heterocycles. The molecule has 3 aromatic carbocycles. The van der Waals surface area contributed by atoms with Crippen LogP contribution in [0.3, 0.4) is 0 Å². The molecular weight excluding hydrogens is 536 g/mol. The normalized spacial score (nSPS) is 22.1. The molecule has 2 unspecified atom stereocenters. The second kappa shape index (κ2) is 11.6. The predicted molar refractivity (Wildman–Crippen MR) is 156 cm³/mol. The second-order valence-electron chi connectivity index (χ2n) is 11.2. The van der Waals surface area contributed by atoms with Gasteiger partial charge in [-0.05, 0) is 70.1 Å². The molecule has 4 heterocycles. The summed E-state index contributed by atoms with van der Waals surface area (Å²) in [4.78, 5) is 3.59. The minimum atomic E-state index is 0.000865. The van der Waals surface area contributed by atoms with E-state index in [-0.39, 0.29) is 12.1 Å². The van der Waals surface area contributed by atoms with Crippen LogP contribution in [0.4, 0.5) is 0 Å². The molecule has 0 amide bonds. The minimum Gasteiger partial charge on any atom is -0.241 e. The van der Waals surface area contributed by atoms with Crippen LogP contribution in [0.1, 0.15) is 48.9 Å². The van der Waals surface area contributed by atoms with Crippen molar-refractivity contribution in [2.24, 2.45) is 11.8 Å². The Hall–Kier alpha value is -3.73. The van der Waals surface area contributed by atoms with Crippen molar-refractivity contribution in [3.63, 3.8) is 0 Å². The first kappa shape index (κ1) is 26.2. The van der Waals surface area contributed by atoms with E-state index >= 15 is 0 Å². The largest absolute Gasteiger partial charge is 0.241 e. The fraction of sp³-hybridized carbons (Fsp3) is 0.400. The summed E-state index contributed by atoms with van der Waals surface area (Å²) in [6.07, 6.45) is 7.51. The Labute approximate surface area is 243 Å². The first-order chi connectivity index (χ1) is 20.2. The standard InChI is InChI=1S/C30H33ClN10/c31-26-14-12-23(13-15-26)29(40-34-20-32-36-40)24-8-4-16-38(18-24)39-17-5-9-25(19-39)30(41-35-21-33-37-41)28-11-3-7-22-6-1-2-10-27(22)28/h1-3,6-7,10-15,20-21,24-25,29-30H,4-5,8-9,16-19H2/t24-,25+,29?,30?/m0/s1. The molecule has 0 N–H and O–H groups in total. The first-order valence-electron chi connectivity index (χ1n) is 14.4. The van der Waals surface area contributed by atoms with Crippen LogP contribution in [0, 0.1) is 11.8 Å². The summed E-state index contributed by atoms with van der Waals surface area (Å²) < 4.78 is 0. The van der Waals surface area contributed by atoms with Gasteiger partial charge in [-0.15, -0.1) is 20.4 Å². The lowest BCUT2D eigenvalue weighted by atomic mass is 9.84. The van der Waals surface area contributed by atoms with Crippen molar-refractivity contribution in [1.29, 1.82) is 0 Å². The highest BCUT2D eigenvalue weighted by Crippen LogP contribution is 2.38. The van der Waals surface area contributed by atoms with Crippen LogP contribution in [-0.4, -0.2) is 76.6 Å². The number of rotatable bonds is 7. The van der Waals surface area contributed by atoms with Crippen LogP contribution in [-0.2, 0) is 0 Å². The van der Waals surface area contributed by atoms with Gasteiger partial charge in [-0.3, -0.25) is 0 Å². The molecule has 2 aromatic heterocycles. The lowest BCUT2D eigenvalue weighted by Gasteiger charge is -2.46. The summed E-state index contributed by atoms with van der Waals surface area (Å²) in [5.74, 6) is 0.679. The van der Waals surface area contributed by atoms with Gasteiger partial charge >= 0.3 is 0 Å². The summed E-state index contributed by atoms with van der Waals surface area (Å²) in [6.45, 7) is 3.96. The molecule has 0 spiro atoms. The zero-order valence-electron chi connectivity index (χ0n) is 22.8. The van der Waals surface area contributed by atoms with Crippen LogP contribution in [0.5, 0.6) is 0 Å². The Bertz CT molecular complexity index is 1550. The molecule has 11 heteroatoms. The van der Waals surface area contributed by atoms with E-state index in [2.05, 4.69) is 95.4 Å². The van der Waals surface area contributed by atoms with E-state index in [4.69, 9.17) is 11.6 Å². The Morgan fingerprint density at radius 3 is 1.95 bits per heavy atom. The zero-order chi connectivity index (χ0) is 27.6. The molecular formula is C30H33ClN10. The topological polar surface area (TPSA) is 93.7 Å². The quantitative estimate of drug-likeness (QED) is 0.279. The van der Waals surface area contributed by atoms with E-state index < -0.39 is 0 Å². The van der Waals surface area contributed by atoms with Crippen molar-refractivity contribution in [3.05, 3.63) is 95.5 Å². The molecule has 7 rings (SSSR count). The second-order valence-corrected chi connectivity index (χ2v) is 11.6. The van der Waals surface area contributed by atoms with Gasteiger partial charge in [-0.1, -0.05) is 66.2 Å². The monoisotopic (exact) mass is 568 g/mol. The highest BCUT2D eigenvalue weighted by molar-refractivity contribution is 6.30. The van der Waals surface area contributed by atoms with Crippen molar-refractivity contribution in [2.45, 2.75) is 37.8 Å².